The van der Waals surface area contributed by atoms with Crippen molar-refractivity contribution in [3.8, 4) is 0 Å². The second-order valence-electron chi connectivity index (χ2n) is 6.55. The Bertz CT molecular complexity index is 769. The summed E-state index contributed by atoms with van der Waals surface area (Å²) in [5.41, 5.74) is 2.11. The first-order valence-electron chi connectivity index (χ1n) is 8.60. The average molecular weight is 338 g/mol. The van der Waals surface area contributed by atoms with Gasteiger partial charge in [0.1, 0.15) is 0 Å². The molecule has 124 valence electrons. The highest BCUT2D eigenvalue weighted by Crippen LogP contribution is 2.33. The van der Waals surface area contributed by atoms with Crippen molar-refractivity contribution >= 4 is 21.6 Å². The summed E-state index contributed by atoms with van der Waals surface area (Å²) in [6, 6.07) is 18.3. The van der Waals surface area contributed by atoms with E-state index in [1.54, 1.807) is 0 Å². The van der Waals surface area contributed by atoms with Crippen molar-refractivity contribution in [3.05, 3.63) is 65.2 Å². The Labute approximate surface area is 146 Å². The summed E-state index contributed by atoms with van der Waals surface area (Å²) in [6.45, 7) is 2.75. The first-order valence-corrected chi connectivity index (χ1v) is 9.42. The molecule has 0 spiro atoms. The fourth-order valence-corrected chi connectivity index (χ4v) is 4.61. The molecule has 1 aliphatic heterocycles. The minimum Gasteiger partial charge on any atom is -0.387 e. The summed E-state index contributed by atoms with van der Waals surface area (Å²) in [4.78, 5) is 7.22. The van der Waals surface area contributed by atoms with Crippen LogP contribution in [0, 0.1) is 0 Å². The minimum atomic E-state index is -0.416. The summed E-state index contributed by atoms with van der Waals surface area (Å²) >= 11 is 1.82. The van der Waals surface area contributed by atoms with Gasteiger partial charge in [0.05, 0.1) is 21.3 Å². The van der Waals surface area contributed by atoms with E-state index < -0.39 is 6.10 Å². The highest BCUT2D eigenvalue weighted by Gasteiger charge is 2.25. The van der Waals surface area contributed by atoms with E-state index in [-0.39, 0.29) is 0 Å². The number of β-amino-alcohol motifs (C(OH)–C–C–N with tert-alkyl or cyclic N) is 1. The summed E-state index contributed by atoms with van der Waals surface area (Å²) in [7, 11) is 0. The van der Waals surface area contributed by atoms with Crippen molar-refractivity contribution < 1.29 is 5.11 Å². The molecule has 1 aliphatic rings. The normalized spacial score (nSPS) is 20.3. The molecule has 2 heterocycles. The summed E-state index contributed by atoms with van der Waals surface area (Å²) < 4.78 is 1.27. The Balaban J connectivity index is 1.45. The van der Waals surface area contributed by atoms with E-state index in [1.165, 1.54) is 22.5 Å². The van der Waals surface area contributed by atoms with Gasteiger partial charge in [-0.2, -0.15) is 0 Å². The smallest absolute Gasteiger partial charge is 0.0982 e. The molecule has 3 nitrogen and oxygen atoms in total. The van der Waals surface area contributed by atoms with Gasteiger partial charge in [-0.05, 0) is 37.1 Å². The van der Waals surface area contributed by atoms with Gasteiger partial charge in [0.2, 0.25) is 0 Å². The molecule has 2 aromatic carbocycles. The molecule has 4 heteroatoms. The van der Waals surface area contributed by atoms with Crippen molar-refractivity contribution in [2.24, 2.45) is 0 Å². The molecule has 0 saturated carbocycles. The summed E-state index contributed by atoms with van der Waals surface area (Å²) in [5.74, 6) is 0.485. The lowest BCUT2D eigenvalue weighted by Crippen LogP contribution is -2.37. The Morgan fingerprint density at radius 1 is 1.12 bits per heavy atom. The van der Waals surface area contributed by atoms with Gasteiger partial charge in [0, 0.05) is 19.0 Å². The molecule has 1 saturated heterocycles. The maximum atomic E-state index is 10.5. The lowest BCUT2D eigenvalue weighted by Gasteiger charge is -2.33. The highest BCUT2D eigenvalue weighted by molar-refractivity contribution is 7.18. The molecule has 24 heavy (non-hydrogen) atoms. The van der Waals surface area contributed by atoms with Crippen LogP contribution in [0.4, 0.5) is 0 Å². The molecule has 1 aromatic heterocycles. The minimum absolute atomic E-state index is 0.416. The maximum Gasteiger partial charge on any atom is 0.0982 e. The number of rotatable bonds is 4. The van der Waals surface area contributed by atoms with Crippen LogP contribution in [0.2, 0.25) is 0 Å². The number of para-hydroxylation sites is 1. The SMILES string of the molecule is OC(CN1CCCC(c2nc3ccccc3s2)C1)c1ccccc1. The Morgan fingerprint density at radius 2 is 1.92 bits per heavy atom. The quantitative estimate of drug-likeness (QED) is 0.774. The molecule has 1 N–H and O–H groups in total. The molecule has 1 fully saturated rings. The van der Waals surface area contributed by atoms with Crippen molar-refractivity contribution in [1.29, 1.82) is 0 Å². The van der Waals surface area contributed by atoms with Gasteiger partial charge in [-0.25, -0.2) is 4.98 Å². The Kier molecular flexibility index (Phi) is 4.60. The van der Waals surface area contributed by atoms with E-state index in [0.29, 0.717) is 12.5 Å². The van der Waals surface area contributed by atoms with E-state index in [2.05, 4.69) is 29.2 Å². The number of nitrogens with zero attached hydrogens (tertiary/aromatic N) is 2. The van der Waals surface area contributed by atoms with Crippen LogP contribution in [0.15, 0.2) is 54.6 Å². The zero-order valence-corrected chi connectivity index (χ0v) is 14.5. The van der Waals surface area contributed by atoms with Crippen LogP contribution in [-0.4, -0.2) is 34.6 Å². The number of fused-ring (bicyclic) bond motifs is 1. The van der Waals surface area contributed by atoms with Gasteiger partial charge < -0.3 is 5.11 Å². The van der Waals surface area contributed by atoms with E-state index >= 15 is 0 Å². The van der Waals surface area contributed by atoms with Crippen LogP contribution in [-0.2, 0) is 0 Å². The number of likely N-dealkylation sites (tertiary alicyclic amines) is 1. The molecule has 3 aromatic rings. The third-order valence-corrected chi connectivity index (χ3v) is 5.98. The number of aromatic nitrogens is 1. The van der Waals surface area contributed by atoms with Crippen molar-refractivity contribution in [1.82, 2.24) is 9.88 Å². The average Bonchev–Trinajstić information content (AvgIpc) is 3.07. The molecule has 4 rings (SSSR count). The zero-order valence-electron chi connectivity index (χ0n) is 13.6. The lowest BCUT2D eigenvalue weighted by molar-refractivity contribution is 0.0955. The van der Waals surface area contributed by atoms with Gasteiger partial charge in [-0.3, -0.25) is 4.90 Å². The molecule has 0 radical (unpaired) electrons. The first kappa shape index (κ1) is 15.8. The summed E-state index contributed by atoms with van der Waals surface area (Å²) in [6.07, 6.45) is 1.94. The zero-order chi connectivity index (χ0) is 16.4. The number of thiazole rings is 1. The van der Waals surface area contributed by atoms with Gasteiger partial charge in [-0.1, -0.05) is 42.5 Å². The van der Waals surface area contributed by atoms with Gasteiger partial charge in [0.15, 0.2) is 0 Å². The van der Waals surface area contributed by atoms with Crippen molar-refractivity contribution in [2.75, 3.05) is 19.6 Å². The standard InChI is InChI=1S/C20H22N2OS/c23-18(15-7-2-1-3-8-15)14-22-12-6-9-16(13-22)20-21-17-10-4-5-11-19(17)24-20/h1-5,7-8,10-11,16,18,23H,6,9,12-14H2. The van der Waals surface area contributed by atoms with Gasteiger partial charge >= 0.3 is 0 Å². The molecule has 0 bridgehead atoms. The fraction of sp³-hybridized carbons (Fsp3) is 0.350. The molecule has 0 amide bonds. The Hall–Kier alpha value is -1.75. The fourth-order valence-electron chi connectivity index (χ4n) is 3.51. The van der Waals surface area contributed by atoms with Crippen LogP contribution >= 0.6 is 11.3 Å². The molecular weight excluding hydrogens is 316 g/mol. The predicted molar refractivity (Wildman–Crippen MR) is 99.4 cm³/mol. The number of hydrogen-bond acceptors (Lipinski definition) is 4. The van der Waals surface area contributed by atoms with Gasteiger partial charge in [0.25, 0.3) is 0 Å². The number of hydrogen-bond donors (Lipinski definition) is 1. The van der Waals surface area contributed by atoms with Crippen molar-refractivity contribution in [2.45, 2.75) is 24.9 Å². The van der Waals surface area contributed by atoms with Crippen LogP contribution in [0.25, 0.3) is 10.2 Å². The second-order valence-corrected chi connectivity index (χ2v) is 7.61. The van der Waals surface area contributed by atoms with Crippen LogP contribution in [0.1, 0.15) is 35.4 Å². The topological polar surface area (TPSA) is 36.4 Å². The van der Waals surface area contributed by atoms with Crippen LogP contribution in [0.5, 0.6) is 0 Å². The predicted octanol–water partition coefficient (Wildman–Crippen LogP) is 4.21. The first-order chi connectivity index (χ1) is 11.8. The maximum absolute atomic E-state index is 10.5. The summed E-state index contributed by atoms with van der Waals surface area (Å²) in [5, 5.41) is 11.7. The van der Waals surface area contributed by atoms with E-state index in [4.69, 9.17) is 4.98 Å². The second kappa shape index (κ2) is 7.01. The highest BCUT2D eigenvalue weighted by atomic mass is 32.1. The number of piperidine rings is 1. The third kappa shape index (κ3) is 3.36. The molecular formula is C20H22N2OS. The van der Waals surface area contributed by atoms with Crippen molar-refractivity contribution in [3.63, 3.8) is 0 Å². The molecule has 2 unspecified atom stereocenters. The molecule has 0 aliphatic carbocycles. The van der Waals surface area contributed by atoms with Crippen LogP contribution < -0.4 is 0 Å². The third-order valence-electron chi connectivity index (χ3n) is 4.78. The number of aliphatic hydroxyl groups excluding tert-OH is 1. The Morgan fingerprint density at radius 3 is 2.75 bits per heavy atom. The number of aliphatic hydroxyl groups is 1. The van der Waals surface area contributed by atoms with E-state index in [0.717, 1.165) is 24.2 Å². The molecule has 2 atom stereocenters. The largest absolute Gasteiger partial charge is 0.387 e. The monoisotopic (exact) mass is 338 g/mol. The van der Waals surface area contributed by atoms with E-state index in [1.807, 2.05) is 41.7 Å². The van der Waals surface area contributed by atoms with E-state index in [9.17, 15) is 5.11 Å². The van der Waals surface area contributed by atoms with Gasteiger partial charge in [-0.15, -0.1) is 11.3 Å². The van der Waals surface area contributed by atoms with Crippen LogP contribution in [0.3, 0.4) is 0 Å². The lowest BCUT2D eigenvalue weighted by atomic mass is 9.98. The number of benzene rings is 2.